The second-order valence-corrected chi connectivity index (χ2v) is 4.93. The van der Waals surface area contributed by atoms with Crippen LogP contribution in [0.1, 0.15) is 11.3 Å². The molecule has 0 unspecified atom stereocenters. The Morgan fingerprint density at radius 2 is 2.05 bits per heavy atom. The molecule has 0 N–H and O–H groups in total. The van der Waals surface area contributed by atoms with E-state index < -0.39 is 0 Å². The molecule has 4 heterocycles. The Balaban J connectivity index is 2.34. The van der Waals surface area contributed by atoms with Crippen LogP contribution in [0, 0.1) is 13.8 Å². The summed E-state index contributed by atoms with van der Waals surface area (Å²) in [6.45, 7) is 4.21. The van der Waals surface area contributed by atoms with Crippen molar-refractivity contribution in [3.8, 4) is 0 Å². The maximum absolute atomic E-state index is 4.70. The first-order valence-corrected chi connectivity index (χ1v) is 6.34. The molecular weight excluding hydrogens is 236 g/mol. The molecule has 0 aliphatic heterocycles. The highest BCUT2D eigenvalue weighted by molar-refractivity contribution is 5.62. The summed E-state index contributed by atoms with van der Waals surface area (Å²) in [5, 5.41) is 4.70. The molecule has 4 heteroatoms. The van der Waals surface area contributed by atoms with E-state index in [0.29, 0.717) is 0 Å². The molecule has 4 aromatic heterocycles. The molecule has 0 fully saturated rings. The van der Waals surface area contributed by atoms with Crippen molar-refractivity contribution in [2.24, 2.45) is 0 Å². The molecule has 4 rings (SSSR count). The second kappa shape index (κ2) is 3.51. The first-order valence-electron chi connectivity index (χ1n) is 6.34. The van der Waals surface area contributed by atoms with E-state index in [4.69, 9.17) is 5.10 Å². The van der Waals surface area contributed by atoms with Gasteiger partial charge >= 0.3 is 5.65 Å². The number of pyridine rings is 2. The zero-order valence-corrected chi connectivity index (χ0v) is 10.9. The fourth-order valence-electron chi connectivity index (χ4n) is 2.62. The molecule has 4 aromatic rings. The first kappa shape index (κ1) is 10.4. The van der Waals surface area contributed by atoms with Gasteiger partial charge < -0.3 is 0 Å². The molecule has 0 aliphatic carbocycles. The Morgan fingerprint density at radius 3 is 2.95 bits per heavy atom. The predicted octanol–water partition coefficient (Wildman–Crippen LogP) is 1.43. The van der Waals surface area contributed by atoms with Gasteiger partial charge in [0.2, 0.25) is 6.20 Å². The Hall–Kier alpha value is -2.49. The van der Waals surface area contributed by atoms with Crippen molar-refractivity contribution in [1.82, 2.24) is 9.61 Å². The summed E-state index contributed by atoms with van der Waals surface area (Å²) in [5.41, 5.74) is 5.58. The summed E-state index contributed by atoms with van der Waals surface area (Å²) in [6.07, 6.45) is 6.19. The van der Waals surface area contributed by atoms with Gasteiger partial charge in [0.15, 0.2) is 6.20 Å². The van der Waals surface area contributed by atoms with Gasteiger partial charge in [-0.25, -0.2) is 0 Å². The molecule has 0 spiro atoms. The fraction of sp³-hybridized carbons (Fsp3) is 0.133. The van der Waals surface area contributed by atoms with Crippen LogP contribution >= 0.6 is 0 Å². The van der Waals surface area contributed by atoms with Crippen molar-refractivity contribution in [3.63, 3.8) is 0 Å². The quantitative estimate of drug-likeness (QED) is 0.433. The molecule has 0 amide bonds. The van der Waals surface area contributed by atoms with E-state index in [9.17, 15) is 0 Å². The monoisotopic (exact) mass is 250 g/mol. The number of hydrogen-bond donors (Lipinski definition) is 0. The van der Waals surface area contributed by atoms with Crippen LogP contribution in [0.4, 0.5) is 0 Å². The molecule has 0 aliphatic rings. The number of hydrogen-bond acceptors (Lipinski definition) is 1. The first-order chi connectivity index (χ1) is 9.24. The average molecular weight is 250 g/mol. The molecule has 19 heavy (non-hydrogen) atoms. The van der Waals surface area contributed by atoms with E-state index in [1.165, 1.54) is 11.3 Å². The summed E-state index contributed by atoms with van der Waals surface area (Å²) in [7, 11) is 0. The lowest BCUT2D eigenvalue weighted by Gasteiger charge is -1.94. The largest absolute Gasteiger partial charge is 0.379 e. The molecular formula is C15H14N4+2. The summed E-state index contributed by atoms with van der Waals surface area (Å²) < 4.78 is 6.24. The zero-order valence-electron chi connectivity index (χ0n) is 10.9. The summed E-state index contributed by atoms with van der Waals surface area (Å²) in [6, 6.07) is 10.4. The van der Waals surface area contributed by atoms with E-state index in [2.05, 4.69) is 53.2 Å². The van der Waals surface area contributed by atoms with Crippen molar-refractivity contribution < 1.29 is 8.80 Å². The van der Waals surface area contributed by atoms with Gasteiger partial charge in [0.05, 0.1) is 5.10 Å². The lowest BCUT2D eigenvalue weighted by molar-refractivity contribution is -0.557. The van der Waals surface area contributed by atoms with Crippen LogP contribution in [0.15, 0.2) is 48.9 Å². The zero-order chi connectivity index (χ0) is 13.0. The van der Waals surface area contributed by atoms with Gasteiger partial charge in [-0.3, -0.25) is 0 Å². The molecule has 0 saturated carbocycles. The van der Waals surface area contributed by atoms with Crippen LogP contribution in [-0.4, -0.2) is 9.61 Å². The van der Waals surface area contributed by atoms with Gasteiger partial charge in [0, 0.05) is 18.2 Å². The lowest BCUT2D eigenvalue weighted by Crippen LogP contribution is -2.34. The Kier molecular flexibility index (Phi) is 1.93. The standard InChI is InChI=1S/C15H14N4/c1-11-6-8-18-14(9-11)19-12(2)10-17-7-4-3-5-13(17)15(19)16-18/h3-10H,1-2H3/q+2. The highest BCUT2D eigenvalue weighted by atomic mass is 15.3. The molecule has 92 valence electrons. The third-order valence-electron chi connectivity index (χ3n) is 3.51. The predicted molar refractivity (Wildman–Crippen MR) is 71.0 cm³/mol. The van der Waals surface area contributed by atoms with E-state index in [1.54, 1.807) is 0 Å². The normalized spacial score (nSPS) is 11.7. The van der Waals surface area contributed by atoms with Crippen LogP contribution in [0.5, 0.6) is 0 Å². The third kappa shape index (κ3) is 1.37. The molecule has 0 bridgehead atoms. The molecule has 0 radical (unpaired) electrons. The highest BCUT2D eigenvalue weighted by Gasteiger charge is 2.23. The van der Waals surface area contributed by atoms with Crippen LogP contribution in [0.3, 0.4) is 0 Å². The highest BCUT2D eigenvalue weighted by Crippen LogP contribution is 2.08. The molecule has 0 atom stereocenters. The van der Waals surface area contributed by atoms with E-state index in [-0.39, 0.29) is 0 Å². The number of rotatable bonds is 0. The van der Waals surface area contributed by atoms with Crippen molar-refractivity contribution in [1.29, 1.82) is 0 Å². The minimum Gasteiger partial charge on any atom is -0.183 e. The summed E-state index contributed by atoms with van der Waals surface area (Å²) in [4.78, 5) is 0. The number of aromatic nitrogens is 4. The van der Waals surface area contributed by atoms with Gasteiger partial charge in [-0.15, -0.1) is 0 Å². The minimum absolute atomic E-state index is 0.978. The van der Waals surface area contributed by atoms with Gasteiger partial charge in [-0.2, -0.15) is 8.80 Å². The Morgan fingerprint density at radius 1 is 1.16 bits per heavy atom. The third-order valence-corrected chi connectivity index (χ3v) is 3.51. The van der Waals surface area contributed by atoms with Crippen LogP contribution < -0.4 is 8.80 Å². The minimum atomic E-state index is 0.978. The van der Waals surface area contributed by atoms with Crippen LogP contribution in [0.25, 0.3) is 16.8 Å². The average Bonchev–Trinajstić information content (AvgIpc) is 2.78. The molecule has 4 nitrogen and oxygen atoms in total. The van der Waals surface area contributed by atoms with Crippen molar-refractivity contribution in [3.05, 3.63) is 60.2 Å². The van der Waals surface area contributed by atoms with Gasteiger partial charge in [0.25, 0.3) is 11.2 Å². The van der Waals surface area contributed by atoms with Crippen LogP contribution in [-0.2, 0) is 0 Å². The van der Waals surface area contributed by atoms with E-state index >= 15 is 0 Å². The van der Waals surface area contributed by atoms with E-state index in [1.807, 2.05) is 22.8 Å². The Labute approximate surface area is 110 Å². The number of nitrogens with zero attached hydrogens (tertiary/aromatic N) is 4. The smallest absolute Gasteiger partial charge is 0.183 e. The summed E-state index contributed by atoms with van der Waals surface area (Å²) in [5.74, 6) is 0. The van der Waals surface area contributed by atoms with E-state index in [0.717, 1.165) is 16.8 Å². The van der Waals surface area contributed by atoms with Gasteiger partial charge in [0.1, 0.15) is 11.9 Å². The Bertz CT molecular complexity index is 937. The second-order valence-electron chi connectivity index (χ2n) is 4.93. The summed E-state index contributed by atoms with van der Waals surface area (Å²) >= 11 is 0. The maximum atomic E-state index is 4.70. The van der Waals surface area contributed by atoms with Crippen LogP contribution in [0.2, 0.25) is 0 Å². The fourth-order valence-corrected chi connectivity index (χ4v) is 2.62. The lowest BCUT2D eigenvalue weighted by atomic mass is 10.3. The number of fused-ring (bicyclic) bond motifs is 5. The number of aryl methyl sites for hydroxylation is 2. The SMILES string of the molecule is Cc1ccn2nc3c4cccc[n+]4cc(C)[n+]3c2c1. The molecule has 0 saturated heterocycles. The van der Waals surface area contributed by atoms with Crippen molar-refractivity contribution in [2.45, 2.75) is 13.8 Å². The maximum Gasteiger partial charge on any atom is 0.379 e. The van der Waals surface area contributed by atoms with Crippen molar-refractivity contribution in [2.75, 3.05) is 0 Å². The topological polar surface area (TPSA) is 25.5 Å². The van der Waals surface area contributed by atoms with Crippen molar-refractivity contribution >= 4 is 16.8 Å². The van der Waals surface area contributed by atoms with Gasteiger partial charge in [-0.05, 0) is 31.5 Å². The van der Waals surface area contributed by atoms with Gasteiger partial charge in [-0.1, -0.05) is 4.52 Å². The molecule has 0 aromatic carbocycles.